The molecule has 2 atom stereocenters. The fraction of sp³-hybridized carbons (Fsp3) is 0.444. The minimum atomic E-state index is 0.220. The van der Waals surface area contributed by atoms with Gasteiger partial charge in [0, 0.05) is 6.21 Å². The Morgan fingerprint density at radius 2 is 2.12 bits per heavy atom. The molecule has 2 aromatic heterocycles. The lowest BCUT2D eigenvalue weighted by atomic mass is 9.90. The highest BCUT2D eigenvalue weighted by molar-refractivity contribution is 6.11. The number of nitrogens with zero attached hydrogens (tertiary/aromatic N) is 3. The van der Waals surface area contributed by atoms with Gasteiger partial charge in [-0.3, -0.25) is 4.99 Å². The number of hydrogen-bond acceptors (Lipinski definition) is 5. The van der Waals surface area contributed by atoms with Crippen molar-refractivity contribution in [3.8, 4) is 0 Å². The van der Waals surface area contributed by atoms with Gasteiger partial charge in [-0.1, -0.05) is 19.1 Å². The molecular weight excluding hydrogens is 422 g/mol. The molecule has 1 saturated heterocycles. The first kappa shape index (κ1) is 21.5. The number of nitrogens with one attached hydrogen (secondary N) is 4. The number of imidazole rings is 2. The SMILES string of the molecule is CCCNCc1nc2c([nH]1)C=C(C1CC=C(c3ccc4nc(C5CCCN5)[nH]c4c3)C=N1)CC2. The minimum absolute atomic E-state index is 0.220. The Balaban J connectivity index is 1.15. The molecule has 0 bridgehead atoms. The molecule has 0 saturated carbocycles. The van der Waals surface area contributed by atoms with E-state index in [0.29, 0.717) is 6.04 Å². The van der Waals surface area contributed by atoms with Crippen LogP contribution in [0.1, 0.15) is 73.7 Å². The Labute approximate surface area is 200 Å². The number of fused-ring (bicyclic) bond motifs is 2. The van der Waals surface area contributed by atoms with Gasteiger partial charge in [0.15, 0.2) is 0 Å². The Morgan fingerprint density at radius 3 is 2.94 bits per heavy atom. The summed E-state index contributed by atoms with van der Waals surface area (Å²) in [5.41, 5.74) is 8.27. The minimum Gasteiger partial charge on any atom is -0.341 e. The Kier molecular flexibility index (Phi) is 5.89. The van der Waals surface area contributed by atoms with E-state index in [1.807, 2.05) is 0 Å². The molecule has 3 aliphatic rings. The monoisotopic (exact) mass is 455 g/mol. The summed E-state index contributed by atoms with van der Waals surface area (Å²) in [6.07, 6.45) is 13.1. The summed E-state index contributed by atoms with van der Waals surface area (Å²) in [5, 5.41) is 6.95. The molecule has 2 unspecified atom stereocenters. The number of hydrogen-bond donors (Lipinski definition) is 4. The number of benzene rings is 1. The van der Waals surface area contributed by atoms with Gasteiger partial charge in [0.2, 0.25) is 0 Å². The van der Waals surface area contributed by atoms with E-state index in [2.05, 4.69) is 64.1 Å². The predicted molar refractivity (Wildman–Crippen MR) is 138 cm³/mol. The fourth-order valence-electron chi connectivity index (χ4n) is 5.29. The zero-order chi connectivity index (χ0) is 22.9. The molecule has 0 radical (unpaired) electrons. The highest BCUT2D eigenvalue weighted by atomic mass is 15.0. The molecular formula is C27H33N7. The maximum absolute atomic E-state index is 4.96. The third kappa shape index (κ3) is 4.26. The summed E-state index contributed by atoms with van der Waals surface area (Å²) in [7, 11) is 0. The van der Waals surface area contributed by atoms with Crippen LogP contribution < -0.4 is 10.6 Å². The van der Waals surface area contributed by atoms with Gasteiger partial charge in [-0.25, -0.2) is 9.97 Å². The average molecular weight is 456 g/mol. The van der Waals surface area contributed by atoms with Crippen molar-refractivity contribution >= 4 is 28.9 Å². The summed E-state index contributed by atoms with van der Waals surface area (Å²) >= 11 is 0. The van der Waals surface area contributed by atoms with Gasteiger partial charge in [-0.05, 0) is 86.5 Å². The molecule has 7 nitrogen and oxygen atoms in total. The number of aromatic amines is 2. The largest absolute Gasteiger partial charge is 0.341 e. The standard InChI is InChI=1S/C27H33N7/c1-2-11-28-16-26-31-21-10-6-18(14-24(21)32-26)20-8-7-19(15-30-20)17-5-9-22-25(13-17)34-27(33-22)23-4-3-12-29-23/h5,7,9,13-15,20,23,28-29H,2-4,6,8,10-12,16H2,1H3,(H,31,32)(H,33,34). The van der Waals surface area contributed by atoms with Gasteiger partial charge in [0.05, 0.1) is 41.0 Å². The van der Waals surface area contributed by atoms with Gasteiger partial charge in [-0.15, -0.1) is 0 Å². The lowest BCUT2D eigenvalue weighted by molar-refractivity contribution is 0.614. The quantitative estimate of drug-likeness (QED) is 0.396. The van der Waals surface area contributed by atoms with Crippen LogP contribution in [0.15, 0.2) is 34.8 Å². The van der Waals surface area contributed by atoms with Crippen molar-refractivity contribution in [1.82, 2.24) is 30.6 Å². The molecule has 0 spiro atoms. The summed E-state index contributed by atoms with van der Waals surface area (Å²) in [5.74, 6) is 2.09. The van der Waals surface area contributed by atoms with Gasteiger partial charge in [0.25, 0.3) is 0 Å². The topological polar surface area (TPSA) is 93.8 Å². The van der Waals surface area contributed by atoms with E-state index in [9.17, 15) is 0 Å². The second-order valence-electron chi connectivity index (χ2n) is 9.63. The van der Waals surface area contributed by atoms with Crippen LogP contribution in [-0.2, 0) is 13.0 Å². The highest BCUT2D eigenvalue weighted by Gasteiger charge is 2.23. The number of allylic oxidation sites excluding steroid dienone is 1. The molecule has 6 rings (SSSR count). The zero-order valence-corrected chi connectivity index (χ0v) is 19.8. The normalized spacial score (nSPS) is 22.1. The van der Waals surface area contributed by atoms with E-state index < -0.39 is 0 Å². The number of aliphatic imine (C=N–C) groups is 1. The van der Waals surface area contributed by atoms with E-state index in [-0.39, 0.29) is 6.04 Å². The molecule has 176 valence electrons. The maximum atomic E-state index is 4.96. The highest BCUT2D eigenvalue weighted by Crippen LogP contribution is 2.31. The summed E-state index contributed by atoms with van der Waals surface area (Å²) in [6.45, 7) is 5.08. The van der Waals surface area contributed by atoms with Crippen LogP contribution in [0.25, 0.3) is 22.7 Å². The van der Waals surface area contributed by atoms with E-state index in [1.54, 1.807) is 0 Å². The molecule has 34 heavy (non-hydrogen) atoms. The summed E-state index contributed by atoms with van der Waals surface area (Å²) in [4.78, 5) is 21.6. The van der Waals surface area contributed by atoms with E-state index in [0.717, 1.165) is 80.1 Å². The van der Waals surface area contributed by atoms with Crippen molar-refractivity contribution < 1.29 is 0 Å². The van der Waals surface area contributed by atoms with E-state index in [4.69, 9.17) is 15.0 Å². The van der Waals surface area contributed by atoms with Crippen molar-refractivity contribution in [3.63, 3.8) is 0 Å². The molecule has 4 heterocycles. The molecule has 7 heteroatoms. The number of H-pyrrole nitrogens is 2. The second kappa shape index (κ2) is 9.31. The van der Waals surface area contributed by atoms with Gasteiger partial charge in [-0.2, -0.15) is 0 Å². The Bertz CT molecular complexity index is 1270. The molecule has 1 aromatic carbocycles. The van der Waals surface area contributed by atoms with Crippen molar-refractivity contribution in [2.75, 3.05) is 13.1 Å². The first-order valence-electron chi connectivity index (χ1n) is 12.7. The van der Waals surface area contributed by atoms with Crippen molar-refractivity contribution in [1.29, 1.82) is 0 Å². The molecule has 1 aliphatic carbocycles. The number of rotatable bonds is 7. The molecule has 1 fully saturated rings. The Hall–Kier alpha value is -3.03. The predicted octanol–water partition coefficient (Wildman–Crippen LogP) is 4.47. The van der Waals surface area contributed by atoms with E-state index >= 15 is 0 Å². The number of dihydropyridines is 1. The van der Waals surface area contributed by atoms with Crippen LogP contribution in [0.5, 0.6) is 0 Å². The van der Waals surface area contributed by atoms with Gasteiger partial charge in [0.1, 0.15) is 11.6 Å². The van der Waals surface area contributed by atoms with Crippen molar-refractivity contribution in [2.45, 2.75) is 64.1 Å². The Morgan fingerprint density at radius 1 is 1.15 bits per heavy atom. The van der Waals surface area contributed by atoms with E-state index in [1.165, 1.54) is 28.8 Å². The smallest absolute Gasteiger partial charge is 0.124 e. The van der Waals surface area contributed by atoms with Crippen LogP contribution in [0.4, 0.5) is 0 Å². The van der Waals surface area contributed by atoms with Gasteiger partial charge < -0.3 is 20.6 Å². The van der Waals surface area contributed by atoms with Crippen LogP contribution in [-0.4, -0.2) is 45.3 Å². The zero-order valence-electron chi connectivity index (χ0n) is 19.8. The van der Waals surface area contributed by atoms with Crippen LogP contribution in [0.2, 0.25) is 0 Å². The summed E-state index contributed by atoms with van der Waals surface area (Å²) < 4.78 is 0. The van der Waals surface area contributed by atoms with Crippen molar-refractivity contribution in [3.05, 3.63) is 58.4 Å². The third-order valence-electron chi connectivity index (χ3n) is 7.17. The fourth-order valence-corrected chi connectivity index (χ4v) is 5.29. The number of aryl methyl sites for hydroxylation is 1. The second-order valence-corrected chi connectivity index (χ2v) is 9.63. The maximum Gasteiger partial charge on any atom is 0.124 e. The summed E-state index contributed by atoms with van der Waals surface area (Å²) in [6, 6.07) is 7.08. The molecule has 2 aliphatic heterocycles. The van der Waals surface area contributed by atoms with Crippen LogP contribution in [0.3, 0.4) is 0 Å². The van der Waals surface area contributed by atoms with Crippen molar-refractivity contribution in [2.24, 2.45) is 4.99 Å². The first-order chi connectivity index (χ1) is 16.8. The van der Waals surface area contributed by atoms with Crippen LogP contribution >= 0.6 is 0 Å². The average Bonchev–Trinajstić information content (AvgIpc) is 3.62. The van der Waals surface area contributed by atoms with Crippen LogP contribution in [0, 0.1) is 0 Å². The lowest BCUT2D eigenvalue weighted by Gasteiger charge is -2.21. The molecule has 4 N–H and O–H groups in total. The molecule has 3 aromatic rings. The third-order valence-corrected chi connectivity index (χ3v) is 7.17. The lowest BCUT2D eigenvalue weighted by Crippen LogP contribution is -2.15. The molecule has 0 amide bonds. The first-order valence-corrected chi connectivity index (χ1v) is 12.7. The van der Waals surface area contributed by atoms with Gasteiger partial charge >= 0.3 is 0 Å². The number of aromatic nitrogens is 4.